The third kappa shape index (κ3) is 3.23. The summed E-state index contributed by atoms with van der Waals surface area (Å²) in [4.78, 5) is 12.7. The van der Waals surface area contributed by atoms with Gasteiger partial charge in [-0.1, -0.05) is 11.8 Å². The molecule has 5 rings (SSSR count). The fourth-order valence-corrected chi connectivity index (χ4v) is 6.32. The standard InChI is InChI=1S/C17H23F3N4OS/c1-9(26-15-23-22-14(24(15)2)17(18,19)20)13(25)21-16-6-10-3-11(7-16)5-12(4-10)8-16/h9-12H,3-8H2,1-2H3,(H,21,25)/t9-,10?,11?,12?,16?/m1/s1. The Morgan fingerprint density at radius 1 is 1.19 bits per heavy atom. The van der Waals surface area contributed by atoms with Crippen LogP contribution in [-0.2, 0) is 18.0 Å². The van der Waals surface area contributed by atoms with Crippen molar-refractivity contribution in [2.24, 2.45) is 24.8 Å². The maximum absolute atomic E-state index is 12.8. The van der Waals surface area contributed by atoms with Crippen molar-refractivity contribution in [3.05, 3.63) is 5.82 Å². The van der Waals surface area contributed by atoms with Crippen molar-refractivity contribution in [3.8, 4) is 0 Å². The summed E-state index contributed by atoms with van der Waals surface area (Å²) in [5, 5.41) is 9.66. The van der Waals surface area contributed by atoms with Crippen LogP contribution < -0.4 is 5.32 Å². The van der Waals surface area contributed by atoms with Gasteiger partial charge < -0.3 is 9.88 Å². The Kier molecular flexibility index (Phi) is 4.28. The van der Waals surface area contributed by atoms with Crippen LogP contribution in [0.1, 0.15) is 51.3 Å². The van der Waals surface area contributed by atoms with E-state index in [1.807, 2.05) is 0 Å². The van der Waals surface area contributed by atoms with Crippen LogP contribution in [0.3, 0.4) is 0 Å². The zero-order valence-corrected chi connectivity index (χ0v) is 15.7. The normalized spacial score (nSPS) is 34.1. The minimum absolute atomic E-state index is 0.0995. The highest BCUT2D eigenvalue weighted by Gasteiger charge is 2.51. The van der Waals surface area contributed by atoms with E-state index in [-0.39, 0.29) is 16.6 Å². The van der Waals surface area contributed by atoms with Gasteiger partial charge in [-0.3, -0.25) is 4.79 Å². The smallest absolute Gasteiger partial charge is 0.350 e. The number of aromatic nitrogens is 3. The van der Waals surface area contributed by atoms with Gasteiger partial charge in [0.1, 0.15) is 0 Å². The molecule has 4 aliphatic rings. The Bertz CT molecular complexity index is 682. The molecule has 1 heterocycles. The zero-order valence-electron chi connectivity index (χ0n) is 14.8. The van der Waals surface area contributed by atoms with Crippen molar-refractivity contribution in [2.75, 3.05) is 0 Å². The predicted molar refractivity (Wildman–Crippen MR) is 90.4 cm³/mol. The second-order valence-corrected chi connectivity index (χ2v) is 9.62. The van der Waals surface area contributed by atoms with Crippen molar-refractivity contribution in [2.45, 2.75) is 67.6 Å². The number of carbonyl (C=O) groups is 1. The predicted octanol–water partition coefficient (Wildman–Crippen LogP) is 3.40. The molecule has 0 spiro atoms. The number of amides is 1. The Morgan fingerprint density at radius 3 is 2.19 bits per heavy atom. The van der Waals surface area contributed by atoms with Crippen LogP contribution in [0.25, 0.3) is 0 Å². The van der Waals surface area contributed by atoms with Crippen molar-refractivity contribution >= 4 is 17.7 Å². The number of nitrogens with one attached hydrogen (secondary N) is 1. The number of nitrogens with zero attached hydrogens (tertiary/aromatic N) is 3. The van der Waals surface area contributed by atoms with Crippen LogP contribution in [0.5, 0.6) is 0 Å². The molecule has 4 aliphatic carbocycles. The van der Waals surface area contributed by atoms with E-state index in [1.54, 1.807) is 6.92 Å². The first kappa shape index (κ1) is 18.1. The number of carbonyl (C=O) groups excluding carboxylic acids is 1. The molecule has 5 nitrogen and oxygen atoms in total. The molecule has 1 amide bonds. The molecule has 1 N–H and O–H groups in total. The highest BCUT2D eigenvalue weighted by atomic mass is 32.2. The summed E-state index contributed by atoms with van der Waals surface area (Å²) >= 11 is 1.02. The summed E-state index contributed by atoms with van der Waals surface area (Å²) in [6.07, 6.45) is 2.46. The lowest BCUT2D eigenvalue weighted by Crippen LogP contribution is -2.60. The average molecular weight is 388 g/mol. The number of hydrogen-bond acceptors (Lipinski definition) is 4. The molecule has 1 atom stereocenters. The Hall–Kier alpha value is -1.25. The van der Waals surface area contributed by atoms with Gasteiger partial charge in [0, 0.05) is 12.6 Å². The maximum Gasteiger partial charge on any atom is 0.451 e. The minimum Gasteiger partial charge on any atom is -0.350 e. The van der Waals surface area contributed by atoms with Crippen LogP contribution >= 0.6 is 11.8 Å². The van der Waals surface area contributed by atoms with Gasteiger partial charge in [0.15, 0.2) is 5.16 Å². The fraction of sp³-hybridized carbons (Fsp3) is 0.824. The Morgan fingerprint density at radius 2 is 1.73 bits per heavy atom. The van der Waals surface area contributed by atoms with E-state index in [0.29, 0.717) is 0 Å². The number of alkyl halides is 3. The van der Waals surface area contributed by atoms with Gasteiger partial charge in [-0.2, -0.15) is 13.2 Å². The van der Waals surface area contributed by atoms with E-state index in [9.17, 15) is 18.0 Å². The molecule has 4 fully saturated rings. The molecule has 9 heteroatoms. The summed E-state index contributed by atoms with van der Waals surface area (Å²) in [6.45, 7) is 1.71. The molecule has 144 valence electrons. The van der Waals surface area contributed by atoms with Gasteiger partial charge in [0.25, 0.3) is 0 Å². The SMILES string of the molecule is C[C@@H](Sc1nnc(C(F)(F)F)n1C)C(=O)NC12CC3CC(CC(C3)C1)C2. The lowest BCUT2D eigenvalue weighted by Gasteiger charge is -2.57. The summed E-state index contributed by atoms with van der Waals surface area (Å²) < 4.78 is 39.4. The van der Waals surface area contributed by atoms with E-state index in [0.717, 1.165) is 53.3 Å². The van der Waals surface area contributed by atoms with Crippen molar-refractivity contribution in [1.29, 1.82) is 0 Å². The van der Waals surface area contributed by atoms with E-state index >= 15 is 0 Å². The topological polar surface area (TPSA) is 59.8 Å². The molecule has 1 aromatic rings. The molecule has 0 radical (unpaired) electrons. The fourth-order valence-electron chi connectivity index (χ4n) is 5.50. The van der Waals surface area contributed by atoms with Crippen LogP contribution in [0.15, 0.2) is 5.16 Å². The van der Waals surface area contributed by atoms with Gasteiger partial charge in [-0.05, 0) is 63.2 Å². The van der Waals surface area contributed by atoms with Crippen LogP contribution in [0.2, 0.25) is 0 Å². The van der Waals surface area contributed by atoms with Gasteiger partial charge in [-0.15, -0.1) is 10.2 Å². The van der Waals surface area contributed by atoms with Crippen molar-refractivity contribution in [1.82, 2.24) is 20.1 Å². The molecule has 0 aromatic carbocycles. The van der Waals surface area contributed by atoms with E-state index in [4.69, 9.17) is 0 Å². The van der Waals surface area contributed by atoms with E-state index in [2.05, 4.69) is 15.5 Å². The zero-order chi connectivity index (χ0) is 18.7. The first-order chi connectivity index (χ1) is 12.2. The highest BCUT2D eigenvalue weighted by molar-refractivity contribution is 8.00. The van der Waals surface area contributed by atoms with Gasteiger partial charge >= 0.3 is 6.18 Å². The van der Waals surface area contributed by atoms with Gasteiger partial charge in [0.2, 0.25) is 11.7 Å². The quantitative estimate of drug-likeness (QED) is 0.803. The molecule has 1 aromatic heterocycles. The summed E-state index contributed by atoms with van der Waals surface area (Å²) in [5.41, 5.74) is -0.0995. The second-order valence-electron chi connectivity index (χ2n) is 8.31. The molecule has 26 heavy (non-hydrogen) atoms. The number of rotatable bonds is 4. The van der Waals surface area contributed by atoms with Crippen molar-refractivity contribution < 1.29 is 18.0 Å². The lowest BCUT2D eigenvalue weighted by atomic mass is 9.53. The monoisotopic (exact) mass is 388 g/mol. The maximum atomic E-state index is 12.8. The summed E-state index contributed by atoms with van der Waals surface area (Å²) in [7, 11) is 1.27. The van der Waals surface area contributed by atoms with Crippen LogP contribution in [-0.4, -0.2) is 31.5 Å². The van der Waals surface area contributed by atoms with E-state index in [1.165, 1.54) is 26.3 Å². The first-order valence-corrected chi connectivity index (χ1v) is 9.98. The molecule has 0 saturated heterocycles. The highest BCUT2D eigenvalue weighted by Crippen LogP contribution is 2.55. The number of thioether (sulfide) groups is 1. The van der Waals surface area contributed by atoms with Crippen LogP contribution in [0.4, 0.5) is 13.2 Å². The van der Waals surface area contributed by atoms with Gasteiger partial charge in [0.05, 0.1) is 5.25 Å². The third-order valence-electron chi connectivity index (χ3n) is 6.17. The number of hydrogen-bond donors (Lipinski definition) is 1. The lowest BCUT2D eigenvalue weighted by molar-refractivity contribution is -0.147. The molecule has 4 bridgehead atoms. The Labute approximate surface area is 154 Å². The molecule has 4 saturated carbocycles. The molecular formula is C17H23F3N4OS. The van der Waals surface area contributed by atoms with Crippen molar-refractivity contribution in [3.63, 3.8) is 0 Å². The number of halogens is 3. The van der Waals surface area contributed by atoms with E-state index < -0.39 is 17.3 Å². The molecule has 0 aliphatic heterocycles. The average Bonchev–Trinajstić information content (AvgIpc) is 2.86. The largest absolute Gasteiger partial charge is 0.451 e. The summed E-state index contributed by atoms with van der Waals surface area (Å²) in [6, 6.07) is 0. The van der Waals surface area contributed by atoms with Crippen LogP contribution in [0, 0.1) is 17.8 Å². The van der Waals surface area contributed by atoms with Gasteiger partial charge in [-0.25, -0.2) is 0 Å². The first-order valence-electron chi connectivity index (χ1n) is 9.10. The molecular weight excluding hydrogens is 365 g/mol. The molecule has 0 unspecified atom stereocenters. The summed E-state index contributed by atoms with van der Waals surface area (Å²) in [5.74, 6) is 0.995. The Balaban J connectivity index is 1.42. The third-order valence-corrected chi connectivity index (χ3v) is 7.30. The second kappa shape index (κ2) is 6.14. The minimum atomic E-state index is -4.55.